The summed E-state index contributed by atoms with van der Waals surface area (Å²) in [6, 6.07) is 6.14. The van der Waals surface area contributed by atoms with Gasteiger partial charge in [-0.15, -0.1) is 0 Å². The van der Waals surface area contributed by atoms with Gasteiger partial charge in [0.25, 0.3) is 5.69 Å². The highest BCUT2D eigenvalue weighted by Crippen LogP contribution is 2.48. The summed E-state index contributed by atoms with van der Waals surface area (Å²) in [6.07, 6.45) is 4.87. The molecule has 5 nitrogen and oxygen atoms in total. The zero-order valence-electron chi connectivity index (χ0n) is 12.1. The van der Waals surface area contributed by atoms with Crippen molar-refractivity contribution in [3.63, 3.8) is 0 Å². The Morgan fingerprint density at radius 1 is 1.14 bits per heavy atom. The van der Waals surface area contributed by atoms with Gasteiger partial charge < -0.3 is 10.4 Å². The maximum absolute atomic E-state index is 10.6. The maximum atomic E-state index is 10.6. The summed E-state index contributed by atoms with van der Waals surface area (Å²) in [6.45, 7) is 1.49. The van der Waals surface area contributed by atoms with Gasteiger partial charge in [0, 0.05) is 18.7 Å². The Labute approximate surface area is 124 Å². The molecule has 5 heteroatoms. The molecule has 0 amide bonds. The topological polar surface area (TPSA) is 75.4 Å². The molecule has 0 heterocycles. The number of aliphatic hydroxyl groups is 1. The normalized spacial score (nSPS) is 19.7. The first kappa shape index (κ1) is 14.5. The SMILES string of the molecule is O=[N+]([O-])c1ccc(C(O)CNCC(C2CC2)C2CC2)cc1. The van der Waals surface area contributed by atoms with Crippen molar-refractivity contribution in [2.45, 2.75) is 31.8 Å². The molecule has 0 bridgehead atoms. The minimum atomic E-state index is -0.607. The highest BCUT2D eigenvalue weighted by Gasteiger charge is 2.40. The summed E-state index contributed by atoms with van der Waals surface area (Å²) in [5.41, 5.74) is 0.781. The van der Waals surface area contributed by atoms with Crippen molar-refractivity contribution in [2.75, 3.05) is 13.1 Å². The summed E-state index contributed by atoms with van der Waals surface area (Å²) < 4.78 is 0. The molecule has 1 aromatic carbocycles. The van der Waals surface area contributed by atoms with E-state index in [0.29, 0.717) is 6.54 Å². The third-order valence-electron chi connectivity index (χ3n) is 4.66. The molecule has 3 rings (SSSR count). The Bertz CT molecular complexity index is 483. The molecule has 2 fully saturated rings. The monoisotopic (exact) mass is 290 g/mol. The Balaban J connectivity index is 1.46. The number of hydrogen-bond acceptors (Lipinski definition) is 4. The average Bonchev–Trinajstić information content (AvgIpc) is 3.37. The van der Waals surface area contributed by atoms with Crippen LogP contribution in [-0.4, -0.2) is 23.1 Å². The number of benzene rings is 1. The Kier molecular flexibility index (Phi) is 4.22. The molecule has 0 saturated heterocycles. The number of nitro benzene ring substituents is 1. The molecule has 21 heavy (non-hydrogen) atoms. The lowest BCUT2D eigenvalue weighted by Gasteiger charge is -2.18. The second-order valence-electron chi connectivity index (χ2n) is 6.36. The fourth-order valence-corrected chi connectivity index (χ4v) is 3.09. The first-order chi connectivity index (χ1) is 10.1. The van der Waals surface area contributed by atoms with E-state index in [1.54, 1.807) is 12.1 Å². The van der Waals surface area contributed by atoms with Crippen LogP contribution in [0.5, 0.6) is 0 Å². The van der Waals surface area contributed by atoms with Crippen molar-refractivity contribution in [2.24, 2.45) is 17.8 Å². The molecular weight excluding hydrogens is 268 g/mol. The third kappa shape index (κ3) is 3.80. The van der Waals surface area contributed by atoms with Crippen molar-refractivity contribution in [3.8, 4) is 0 Å². The number of non-ortho nitro benzene ring substituents is 1. The van der Waals surface area contributed by atoms with Gasteiger partial charge in [-0.2, -0.15) is 0 Å². The van der Waals surface area contributed by atoms with Crippen LogP contribution in [0.25, 0.3) is 0 Å². The molecule has 0 spiro atoms. The van der Waals surface area contributed by atoms with E-state index in [1.807, 2.05) is 0 Å². The number of aliphatic hydroxyl groups excluding tert-OH is 1. The van der Waals surface area contributed by atoms with Gasteiger partial charge in [-0.1, -0.05) is 0 Å². The molecule has 0 radical (unpaired) electrons. The van der Waals surface area contributed by atoms with Crippen LogP contribution >= 0.6 is 0 Å². The van der Waals surface area contributed by atoms with Crippen LogP contribution < -0.4 is 5.32 Å². The number of nitro groups is 1. The standard InChI is InChI=1S/C16H22N2O3/c19-16(13-5-7-14(8-6-13)18(20)21)10-17-9-15(11-1-2-11)12-3-4-12/h5-8,11-12,15-17,19H,1-4,9-10H2. The minimum Gasteiger partial charge on any atom is -0.387 e. The van der Waals surface area contributed by atoms with Crippen LogP contribution in [0.1, 0.15) is 37.4 Å². The van der Waals surface area contributed by atoms with E-state index in [4.69, 9.17) is 0 Å². The van der Waals surface area contributed by atoms with Gasteiger partial charge in [0.1, 0.15) is 0 Å². The van der Waals surface area contributed by atoms with Gasteiger partial charge in [-0.25, -0.2) is 0 Å². The molecule has 2 aliphatic rings. The number of nitrogens with zero attached hydrogens (tertiary/aromatic N) is 1. The molecule has 2 aliphatic carbocycles. The second kappa shape index (κ2) is 6.12. The van der Waals surface area contributed by atoms with E-state index in [2.05, 4.69) is 5.32 Å². The van der Waals surface area contributed by atoms with Crippen molar-refractivity contribution in [3.05, 3.63) is 39.9 Å². The zero-order valence-corrected chi connectivity index (χ0v) is 12.1. The van der Waals surface area contributed by atoms with E-state index < -0.39 is 11.0 Å². The van der Waals surface area contributed by atoms with E-state index in [9.17, 15) is 15.2 Å². The summed E-state index contributed by atoms with van der Waals surface area (Å²) in [7, 11) is 0. The van der Waals surface area contributed by atoms with Crippen molar-refractivity contribution in [1.29, 1.82) is 0 Å². The molecule has 114 valence electrons. The predicted molar refractivity (Wildman–Crippen MR) is 79.9 cm³/mol. The highest BCUT2D eigenvalue weighted by atomic mass is 16.6. The molecule has 0 aliphatic heterocycles. The van der Waals surface area contributed by atoms with Crippen molar-refractivity contribution >= 4 is 5.69 Å². The van der Waals surface area contributed by atoms with Gasteiger partial charge in [0.05, 0.1) is 11.0 Å². The van der Waals surface area contributed by atoms with Crippen LogP contribution in [0.4, 0.5) is 5.69 Å². The van der Waals surface area contributed by atoms with E-state index in [0.717, 1.165) is 29.9 Å². The Morgan fingerprint density at radius 3 is 2.19 bits per heavy atom. The van der Waals surface area contributed by atoms with E-state index in [-0.39, 0.29) is 5.69 Å². The summed E-state index contributed by atoms with van der Waals surface area (Å²) in [4.78, 5) is 10.2. The fraction of sp³-hybridized carbons (Fsp3) is 0.625. The van der Waals surface area contributed by atoms with Gasteiger partial charge >= 0.3 is 0 Å². The Hall–Kier alpha value is -1.46. The Morgan fingerprint density at radius 2 is 1.71 bits per heavy atom. The molecular formula is C16H22N2O3. The largest absolute Gasteiger partial charge is 0.387 e. The van der Waals surface area contributed by atoms with Crippen molar-refractivity contribution < 1.29 is 10.0 Å². The lowest BCUT2D eigenvalue weighted by molar-refractivity contribution is -0.384. The van der Waals surface area contributed by atoms with E-state index in [1.165, 1.54) is 37.8 Å². The van der Waals surface area contributed by atoms with Crippen LogP contribution in [0.15, 0.2) is 24.3 Å². The number of rotatable bonds is 8. The first-order valence-electron chi connectivity index (χ1n) is 7.78. The predicted octanol–water partition coefficient (Wildman–Crippen LogP) is 2.65. The number of hydrogen-bond donors (Lipinski definition) is 2. The van der Waals surface area contributed by atoms with Crippen LogP contribution in [0.2, 0.25) is 0 Å². The summed E-state index contributed by atoms with van der Waals surface area (Å²) in [5, 5.41) is 24.1. The smallest absolute Gasteiger partial charge is 0.269 e. The second-order valence-corrected chi connectivity index (χ2v) is 6.36. The van der Waals surface area contributed by atoms with Gasteiger partial charge in [0.15, 0.2) is 0 Å². The van der Waals surface area contributed by atoms with E-state index >= 15 is 0 Å². The van der Waals surface area contributed by atoms with Gasteiger partial charge in [-0.05, 0) is 67.7 Å². The number of nitrogens with one attached hydrogen (secondary N) is 1. The third-order valence-corrected chi connectivity index (χ3v) is 4.66. The van der Waals surface area contributed by atoms with Crippen LogP contribution in [0, 0.1) is 27.9 Å². The average molecular weight is 290 g/mol. The maximum Gasteiger partial charge on any atom is 0.269 e. The molecule has 2 N–H and O–H groups in total. The fourth-order valence-electron chi connectivity index (χ4n) is 3.09. The molecule has 0 aromatic heterocycles. The lowest BCUT2D eigenvalue weighted by atomic mass is 9.98. The van der Waals surface area contributed by atoms with Crippen molar-refractivity contribution in [1.82, 2.24) is 5.32 Å². The quantitative estimate of drug-likeness (QED) is 0.570. The molecule has 2 saturated carbocycles. The molecule has 1 atom stereocenters. The van der Waals surface area contributed by atoms with Crippen LogP contribution in [0.3, 0.4) is 0 Å². The lowest BCUT2D eigenvalue weighted by Crippen LogP contribution is -2.29. The highest BCUT2D eigenvalue weighted by molar-refractivity contribution is 5.33. The molecule has 1 unspecified atom stereocenters. The summed E-state index contributed by atoms with van der Waals surface area (Å²) >= 11 is 0. The van der Waals surface area contributed by atoms with Crippen LogP contribution in [-0.2, 0) is 0 Å². The molecule has 1 aromatic rings. The first-order valence-corrected chi connectivity index (χ1v) is 7.78. The summed E-state index contributed by atoms with van der Waals surface area (Å²) in [5.74, 6) is 2.59. The zero-order chi connectivity index (χ0) is 14.8. The minimum absolute atomic E-state index is 0.0569. The van der Waals surface area contributed by atoms with Gasteiger partial charge in [0.2, 0.25) is 0 Å². The van der Waals surface area contributed by atoms with Gasteiger partial charge in [-0.3, -0.25) is 10.1 Å².